The zero-order valence-corrected chi connectivity index (χ0v) is 7.85. The SMILES string of the molecule is Clc1cc(Oc2cccnc2)ncn1. The van der Waals surface area contributed by atoms with Crippen LogP contribution in [0.2, 0.25) is 5.15 Å². The van der Waals surface area contributed by atoms with Crippen LogP contribution in [0, 0.1) is 0 Å². The molecule has 0 N–H and O–H groups in total. The van der Waals surface area contributed by atoms with Crippen LogP contribution in [0.15, 0.2) is 36.9 Å². The molecule has 70 valence electrons. The molecule has 2 aromatic heterocycles. The second kappa shape index (κ2) is 4.02. The van der Waals surface area contributed by atoms with Crippen molar-refractivity contribution >= 4 is 11.6 Å². The molecule has 0 aromatic carbocycles. The van der Waals surface area contributed by atoms with E-state index in [4.69, 9.17) is 16.3 Å². The Morgan fingerprint density at radius 1 is 1.29 bits per heavy atom. The molecular weight excluding hydrogens is 202 g/mol. The van der Waals surface area contributed by atoms with E-state index in [0.717, 1.165) is 0 Å². The predicted molar refractivity (Wildman–Crippen MR) is 51.4 cm³/mol. The van der Waals surface area contributed by atoms with Gasteiger partial charge in [-0.1, -0.05) is 11.6 Å². The lowest BCUT2D eigenvalue weighted by atomic mass is 10.5. The molecule has 0 unspecified atom stereocenters. The Morgan fingerprint density at radius 2 is 2.21 bits per heavy atom. The first-order valence-electron chi connectivity index (χ1n) is 3.90. The van der Waals surface area contributed by atoms with Crippen LogP contribution in [0.4, 0.5) is 0 Å². The molecule has 0 saturated carbocycles. The molecule has 0 spiro atoms. The number of rotatable bonds is 2. The average molecular weight is 208 g/mol. The van der Waals surface area contributed by atoms with Gasteiger partial charge in [-0.3, -0.25) is 4.98 Å². The van der Waals surface area contributed by atoms with Crippen molar-refractivity contribution in [1.82, 2.24) is 15.0 Å². The van der Waals surface area contributed by atoms with Crippen LogP contribution in [0.3, 0.4) is 0 Å². The number of hydrogen-bond acceptors (Lipinski definition) is 4. The maximum atomic E-state index is 5.66. The third kappa shape index (κ3) is 2.17. The third-order valence-corrected chi connectivity index (χ3v) is 1.67. The van der Waals surface area contributed by atoms with Gasteiger partial charge in [0.25, 0.3) is 0 Å². The predicted octanol–water partition coefficient (Wildman–Crippen LogP) is 2.32. The first-order valence-corrected chi connectivity index (χ1v) is 4.28. The number of aromatic nitrogens is 3. The van der Waals surface area contributed by atoms with E-state index in [1.54, 1.807) is 24.5 Å². The van der Waals surface area contributed by atoms with Gasteiger partial charge in [-0.25, -0.2) is 9.97 Å². The number of halogens is 1. The fourth-order valence-corrected chi connectivity index (χ4v) is 1.04. The molecule has 2 aromatic rings. The maximum Gasteiger partial charge on any atom is 0.223 e. The number of ether oxygens (including phenoxy) is 1. The van der Waals surface area contributed by atoms with Crippen LogP contribution in [0.25, 0.3) is 0 Å². The lowest BCUT2D eigenvalue weighted by Gasteiger charge is -2.02. The molecule has 0 fully saturated rings. The fourth-order valence-electron chi connectivity index (χ4n) is 0.901. The zero-order chi connectivity index (χ0) is 9.80. The van der Waals surface area contributed by atoms with E-state index in [2.05, 4.69) is 15.0 Å². The minimum atomic E-state index is 0.346. The third-order valence-electron chi connectivity index (χ3n) is 1.47. The molecule has 5 heteroatoms. The Kier molecular flexibility index (Phi) is 2.55. The van der Waals surface area contributed by atoms with Gasteiger partial charge in [0.05, 0.1) is 6.20 Å². The van der Waals surface area contributed by atoms with Crippen molar-refractivity contribution in [2.45, 2.75) is 0 Å². The molecule has 14 heavy (non-hydrogen) atoms. The van der Waals surface area contributed by atoms with Crippen LogP contribution in [0.1, 0.15) is 0 Å². The Bertz CT molecular complexity index is 421. The van der Waals surface area contributed by atoms with Gasteiger partial charge in [0.2, 0.25) is 5.88 Å². The molecule has 2 rings (SSSR count). The Labute approximate surface area is 85.6 Å². The Balaban J connectivity index is 2.19. The monoisotopic (exact) mass is 207 g/mol. The van der Waals surface area contributed by atoms with Crippen LogP contribution in [-0.4, -0.2) is 15.0 Å². The highest BCUT2D eigenvalue weighted by atomic mass is 35.5. The minimum Gasteiger partial charge on any atom is -0.437 e. The van der Waals surface area contributed by atoms with E-state index in [-0.39, 0.29) is 0 Å². The molecule has 0 aliphatic rings. The summed E-state index contributed by atoms with van der Waals surface area (Å²) in [6.07, 6.45) is 4.60. The first kappa shape index (κ1) is 8.90. The van der Waals surface area contributed by atoms with Crippen LogP contribution >= 0.6 is 11.6 Å². The second-order valence-corrected chi connectivity index (χ2v) is 2.86. The van der Waals surface area contributed by atoms with Gasteiger partial charge >= 0.3 is 0 Å². The summed E-state index contributed by atoms with van der Waals surface area (Å²) in [4.78, 5) is 11.5. The summed E-state index contributed by atoms with van der Waals surface area (Å²) in [5, 5.41) is 0.346. The van der Waals surface area contributed by atoms with E-state index >= 15 is 0 Å². The summed E-state index contributed by atoms with van der Waals surface area (Å²) in [6, 6.07) is 5.09. The molecule has 4 nitrogen and oxygen atoms in total. The quantitative estimate of drug-likeness (QED) is 0.709. The summed E-state index contributed by atoms with van der Waals surface area (Å²) in [7, 11) is 0. The van der Waals surface area contributed by atoms with Crippen LogP contribution < -0.4 is 4.74 Å². The van der Waals surface area contributed by atoms with Gasteiger partial charge in [0.1, 0.15) is 17.2 Å². The van der Waals surface area contributed by atoms with Crippen molar-refractivity contribution in [3.8, 4) is 11.6 Å². The van der Waals surface area contributed by atoms with Crippen molar-refractivity contribution < 1.29 is 4.74 Å². The Morgan fingerprint density at radius 3 is 2.93 bits per heavy atom. The van der Waals surface area contributed by atoms with Crippen molar-refractivity contribution in [2.24, 2.45) is 0 Å². The van der Waals surface area contributed by atoms with E-state index in [1.165, 1.54) is 12.4 Å². The molecular formula is C9H6ClN3O. The summed E-state index contributed by atoms with van der Waals surface area (Å²) < 4.78 is 5.36. The normalized spacial score (nSPS) is 9.79. The molecule has 0 radical (unpaired) electrons. The smallest absolute Gasteiger partial charge is 0.223 e. The first-order chi connectivity index (χ1) is 6.84. The minimum absolute atomic E-state index is 0.346. The zero-order valence-electron chi connectivity index (χ0n) is 7.09. The second-order valence-electron chi connectivity index (χ2n) is 2.47. The summed E-state index contributed by atoms with van der Waals surface area (Å²) >= 11 is 5.66. The molecule has 0 aliphatic heterocycles. The lowest BCUT2D eigenvalue weighted by molar-refractivity contribution is 0.459. The number of pyridine rings is 1. The molecule has 0 amide bonds. The van der Waals surface area contributed by atoms with Gasteiger partial charge in [-0.2, -0.15) is 0 Å². The topological polar surface area (TPSA) is 47.9 Å². The van der Waals surface area contributed by atoms with Crippen molar-refractivity contribution in [3.05, 3.63) is 42.1 Å². The average Bonchev–Trinajstić information content (AvgIpc) is 2.19. The lowest BCUT2D eigenvalue weighted by Crippen LogP contribution is -1.88. The van der Waals surface area contributed by atoms with Gasteiger partial charge in [-0.15, -0.1) is 0 Å². The standard InChI is InChI=1S/C9H6ClN3O/c10-8-4-9(13-6-12-8)14-7-2-1-3-11-5-7/h1-6H. The van der Waals surface area contributed by atoms with E-state index in [0.29, 0.717) is 16.8 Å². The maximum absolute atomic E-state index is 5.66. The fraction of sp³-hybridized carbons (Fsp3) is 0. The molecule has 0 atom stereocenters. The largest absolute Gasteiger partial charge is 0.437 e. The number of hydrogen-bond donors (Lipinski definition) is 0. The highest BCUT2D eigenvalue weighted by molar-refractivity contribution is 6.29. The van der Waals surface area contributed by atoms with Crippen LogP contribution in [-0.2, 0) is 0 Å². The van der Waals surface area contributed by atoms with Gasteiger partial charge in [0.15, 0.2) is 0 Å². The Hall–Kier alpha value is -1.68. The van der Waals surface area contributed by atoms with Gasteiger partial charge in [-0.05, 0) is 12.1 Å². The van der Waals surface area contributed by atoms with E-state index in [1.807, 2.05) is 0 Å². The van der Waals surface area contributed by atoms with Crippen molar-refractivity contribution in [2.75, 3.05) is 0 Å². The van der Waals surface area contributed by atoms with E-state index < -0.39 is 0 Å². The summed E-state index contributed by atoms with van der Waals surface area (Å²) in [5.74, 6) is 1.01. The number of nitrogens with zero attached hydrogens (tertiary/aromatic N) is 3. The summed E-state index contributed by atoms with van der Waals surface area (Å²) in [5.41, 5.74) is 0. The van der Waals surface area contributed by atoms with E-state index in [9.17, 15) is 0 Å². The molecule has 0 aliphatic carbocycles. The molecule has 0 bridgehead atoms. The van der Waals surface area contributed by atoms with Crippen molar-refractivity contribution in [1.29, 1.82) is 0 Å². The van der Waals surface area contributed by atoms with Crippen molar-refractivity contribution in [3.63, 3.8) is 0 Å². The van der Waals surface area contributed by atoms with Gasteiger partial charge in [0, 0.05) is 12.3 Å². The highest BCUT2D eigenvalue weighted by Crippen LogP contribution is 2.18. The van der Waals surface area contributed by atoms with Crippen LogP contribution in [0.5, 0.6) is 11.6 Å². The highest BCUT2D eigenvalue weighted by Gasteiger charge is 1.98. The molecule has 0 saturated heterocycles. The summed E-state index contributed by atoms with van der Waals surface area (Å²) in [6.45, 7) is 0. The molecule has 2 heterocycles. The van der Waals surface area contributed by atoms with Gasteiger partial charge < -0.3 is 4.74 Å².